The molecule has 1 unspecified atom stereocenters. The summed E-state index contributed by atoms with van der Waals surface area (Å²) in [4.78, 5) is 0. The Bertz CT molecular complexity index is 1370. The smallest absolute Gasteiger partial charge is 0.187 e. The van der Waals surface area contributed by atoms with Crippen LogP contribution in [0, 0.1) is 45.3 Å². The Morgan fingerprint density at radius 1 is 0.709 bits per heavy atom. The van der Waals surface area contributed by atoms with Gasteiger partial charge in [0, 0.05) is 0 Å². The predicted molar refractivity (Wildman–Crippen MR) is 201 cm³/mol. The van der Waals surface area contributed by atoms with E-state index in [-0.39, 0.29) is 51.4 Å². The van der Waals surface area contributed by atoms with Crippen molar-refractivity contribution in [3.63, 3.8) is 0 Å². The molecule has 2 saturated heterocycles. The lowest BCUT2D eigenvalue weighted by molar-refractivity contribution is -0.338. The SMILES string of the molecule is CC(C)=CCC[C@](C)(O[C@@H]1O[C@H](CO)[C@@H](O)[C@H](O)[C@H]1O)C1CC[C@]2(C)[C@@H]1[C@H](O)C[C@@H]1[C@@]3(C)CC[C@H](O[C@@H]4O[C@H](CO)[C@@H](O)[C@H](O)[C@H]4O)C(C)(C)[C@@H]3CC[C@]12C. The summed E-state index contributed by atoms with van der Waals surface area (Å²) in [5.41, 5.74) is -0.592. The molecule has 6 fully saturated rings. The maximum Gasteiger partial charge on any atom is 0.187 e. The van der Waals surface area contributed by atoms with Crippen molar-refractivity contribution in [2.75, 3.05) is 13.2 Å². The number of hydrogen-bond donors (Lipinski definition) is 9. The lowest BCUT2D eigenvalue weighted by atomic mass is 9.35. The highest BCUT2D eigenvalue weighted by atomic mass is 16.7. The Kier molecular flexibility index (Phi) is 12.5. The molecule has 0 aromatic heterocycles. The topological polar surface area (TPSA) is 219 Å². The van der Waals surface area contributed by atoms with E-state index in [1.807, 2.05) is 20.8 Å². The number of rotatable bonds is 10. The monoisotopic (exact) mass is 784 g/mol. The Morgan fingerprint density at radius 3 is 1.85 bits per heavy atom. The molecule has 4 saturated carbocycles. The average Bonchev–Trinajstić information content (AvgIpc) is 3.51. The van der Waals surface area contributed by atoms with Gasteiger partial charge in [-0.3, -0.25) is 0 Å². The lowest BCUT2D eigenvalue weighted by Gasteiger charge is -2.71. The fraction of sp³-hybridized carbons (Fsp3) is 0.952. The third-order valence-electron chi connectivity index (χ3n) is 16.7. The number of aliphatic hydroxyl groups excluding tert-OH is 9. The summed E-state index contributed by atoms with van der Waals surface area (Å²) >= 11 is 0. The van der Waals surface area contributed by atoms with Crippen LogP contribution in [-0.2, 0) is 18.9 Å². The van der Waals surface area contributed by atoms with Crippen LogP contribution in [0.5, 0.6) is 0 Å². The lowest BCUT2D eigenvalue weighted by Crippen LogP contribution is -2.67. The van der Waals surface area contributed by atoms with Crippen molar-refractivity contribution in [2.24, 2.45) is 45.3 Å². The van der Waals surface area contributed by atoms with Crippen molar-refractivity contribution in [3.05, 3.63) is 11.6 Å². The molecule has 2 heterocycles. The molecule has 13 nitrogen and oxygen atoms in total. The van der Waals surface area contributed by atoms with E-state index in [2.05, 4.69) is 40.7 Å². The van der Waals surface area contributed by atoms with Crippen molar-refractivity contribution in [1.82, 2.24) is 0 Å². The summed E-state index contributed by atoms with van der Waals surface area (Å²) in [5, 5.41) is 95.9. The zero-order chi connectivity index (χ0) is 40.6. The van der Waals surface area contributed by atoms with Crippen molar-refractivity contribution in [2.45, 2.75) is 192 Å². The largest absolute Gasteiger partial charge is 0.394 e. The number of aliphatic hydroxyl groups is 9. The molecule has 0 bridgehead atoms. The molecule has 55 heavy (non-hydrogen) atoms. The maximum absolute atomic E-state index is 12.5. The van der Waals surface area contributed by atoms with Gasteiger partial charge in [0.05, 0.1) is 31.0 Å². The van der Waals surface area contributed by atoms with Crippen LogP contribution in [0.15, 0.2) is 11.6 Å². The van der Waals surface area contributed by atoms with Crippen molar-refractivity contribution < 1.29 is 64.9 Å². The molecular formula is C42H72O13. The zero-order valence-electron chi connectivity index (χ0n) is 34.3. The van der Waals surface area contributed by atoms with E-state index >= 15 is 0 Å². The molecule has 9 N–H and O–H groups in total. The fourth-order valence-electron chi connectivity index (χ4n) is 13.4. The number of fused-ring (bicyclic) bond motifs is 5. The van der Waals surface area contributed by atoms with E-state index in [0.717, 1.165) is 32.1 Å². The van der Waals surface area contributed by atoms with E-state index in [1.54, 1.807) is 0 Å². The first kappa shape index (κ1) is 43.8. The van der Waals surface area contributed by atoms with Gasteiger partial charge in [-0.2, -0.15) is 0 Å². The van der Waals surface area contributed by atoms with Crippen LogP contribution in [-0.4, -0.2) is 138 Å². The van der Waals surface area contributed by atoms with E-state index in [1.165, 1.54) is 5.57 Å². The maximum atomic E-state index is 12.5. The van der Waals surface area contributed by atoms with Gasteiger partial charge in [-0.1, -0.05) is 46.3 Å². The standard InChI is InChI=1S/C42H72O13/c1-21(2)10-9-14-42(8,55-37-35(51)33(49)31(47)25(20-44)53-37)22-11-16-41(7)29(22)23(45)18-27-39(5)15-13-28(38(3,4)26(39)12-17-40(27,41)6)54-36-34(50)32(48)30(46)24(19-43)52-36/h10,22-37,43-51H,9,11-20H2,1-8H3/t22?,23-,24-,25-,26+,27-,28+,29+,30-,31-,32+,33+,34-,35-,36+,37+,39+,40-,41-,42+/m1/s1. The van der Waals surface area contributed by atoms with E-state index in [0.29, 0.717) is 25.7 Å². The molecule has 0 radical (unpaired) electrons. The molecule has 0 aromatic carbocycles. The van der Waals surface area contributed by atoms with E-state index < -0.39 is 86.3 Å². The Hall–Kier alpha value is -0.780. The second-order valence-electron chi connectivity index (χ2n) is 20.1. The van der Waals surface area contributed by atoms with Crippen LogP contribution >= 0.6 is 0 Å². The van der Waals surface area contributed by atoms with Gasteiger partial charge in [-0.05, 0) is 124 Å². The molecule has 6 aliphatic rings. The first-order valence-electron chi connectivity index (χ1n) is 20.9. The molecular weight excluding hydrogens is 712 g/mol. The molecule has 0 amide bonds. The number of allylic oxidation sites excluding steroid dienone is 2. The highest BCUT2D eigenvalue weighted by Gasteiger charge is 2.72. The van der Waals surface area contributed by atoms with Gasteiger partial charge in [0.25, 0.3) is 0 Å². The summed E-state index contributed by atoms with van der Waals surface area (Å²) in [7, 11) is 0. The van der Waals surface area contributed by atoms with E-state index in [9.17, 15) is 46.0 Å². The van der Waals surface area contributed by atoms with Gasteiger partial charge in [0.1, 0.15) is 48.8 Å². The van der Waals surface area contributed by atoms with Gasteiger partial charge in [0.2, 0.25) is 0 Å². The van der Waals surface area contributed by atoms with Crippen LogP contribution in [0.1, 0.15) is 113 Å². The summed E-state index contributed by atoms with van der Waals surface area (Å²) in [5.74, 6) is 0.196. The Morgan fingerprint density at radius 2 is 1.27 bits per heavy atom. The highest BCUT2D eigenvalue weighted by Crippen LogP contribution is 2.76. The predicted octanol–water partition coefficient (Wildman–Crippen LogP) is 2.15. The molecule has 318 valence electrons. The molecule has 0 aromatic rings. The van der Waals surface area contributed by atoms with Crippen LogP contribution in [0.3, 0.4) is 0 Å². The Balaban J connectivity index is 1.26. The minimum Gasteiger partial charge on any atom is -0.394 e. The molecule has 2 aliphatic heterocycles. The van der Waals surface area contributed by atoms with Crippen molar-refractivity contribution >= 4 is 0 Å². The van der Waals surface area contributed by atoms with Crippen LogP contribution in [0.4, 0.5) is 0 Å². The summed E-state index contributed by atoms with van der Waals surface area (Å²) in [6.45, 7) is 16.6. The molecule has 4 aliphatic carbocycles. The van der Waals surface area contributed by atoms with Crippen LogP contribution < -0.4 is 0 Å². The Labute approximate surface area is 327 Å². The molecule has 13 heteroatoms. The third-order valence-corrected chi connectivity index (χ3v) is 16.7. The molecule has 20 atom stereocenters. The summed E-state index contributed by atoms with van der Waals surface area (Å²) in [6.07, 6.45) is -5.39. The van der Waals surface area contributed by atoms with Gasteiger partial charge in [-0.15, -0.1) is 0 Å². The minimum atomic E-state index is -1.55. The summed E-state index contributed by atoms with van der Waals surface area (Å²) in [6, 6.07) is 0. The van der Waals surface area contributed by atoms with Crippen LogP contribution in [0.2, 0.25) is 0 Å². The first-order valence-corrected chi connectivity index (χ1v) is 20.9. The average molecular weight is 785 g/mol. The first-order chi connectivity index (χ1) is 25.6. The van der Waals surface area contributed by atoms with E-state index in [4.69, 9.17) is 18.9 Å². The van der Waals surface area contributed by atoms with Gasteiger partial charge < -0.3 is 64.9 Å². The van der Waals surface area contributed by atoms with Crippen molar-refractivity contribution in [1.29, 1.82) is 0 Å². The zero-order valence-corrected chi connectivity index (χ0v) is 34.3. The summed E-state index contributed by atoms with van der Waals surface area (Å²) < 4.78 is 24.9. The fourth-order valence-corrected chi connectivity index (χ4v) is 13.4. The number of ether oxygens (including phenoxy) is 4. The van der Waals surface area contributed by atoms with Gasteiger partial charge >= 0.3 is 0 Å². The normalized spacial score (nSPS) is 52.0. The van der Waals surface area contributed by atoms with Crippen molar-refractivity contribution in [3.8, 4) is 0 Å². The quantitative estimate of drug-likeness (QED) is 0.115. The minimum absolute atomic E-state index is 0.104. The molecule has 6 rings (SSSR count). The third kappa shape index (κ3) is 7.10. The van der Waals surface area contributed by atoms with Gasteiger partial charge in [-0.25, -0.2) is 0 Å². The highest BCUT2D eigenvalue weighted by molar-refractivity contribution is 5.20. The van der Waals surface area contributed by atoms with Crippen LogP contribution in [0.25, 0.3) is 0 Å². The number of hydrogen-bond acceptors (Lipinski definition) is 13. The van der Waals surface area contributed by atoms with Gasteiger partial charge in [0.15, 0.2) is 12.6 Å². The second-order valence-corrected chi connectivity index (χ2v) is 20.1. The molecule has 0 spiro atoms. The second kappa shape index (κ2) is 15.7.